The molecule has 0 atom stereocenters. The van der Waals surface area contributed by atoms with Crippen molar-refractivity contribution in [1.82, 2.24) is 14.1 Å². The van der Waals surface area contributed by atoms with Gasteiger partial charge in [-0.05, 0) is 25.1 Å². The van der Waals surface area contributed by atoms with Crippen LogP contribution in [0.1, 0.15) is 23.1 Å². The first-order chi connectivity index (χ1) is 12.8. The summed E-state index contributed by atoms with van der Waals surface area (Å²) in [4.78, 5) is 28.2. The Kier molecular flexibility index (Phi) is 5.09. The molecule has 3 rings (SSSR count). The molecule has 0 aliphatic carbocycles. The minimum Gasteiger partial charge on any atom is -0.471 e. The van der Waals surface area contributed by atoms with Crippen molar-refractivity contribution in [2.45, 2.75) is 20.5 Å². The van der Waals surface area contributed by atoms with E-state index in [-0.39, 0.29) is 34.8 Å². The summed E-state index contributed by atoms with van der Waals surface area (Å²) in [5.74, 6) is -1.59. The number of halogens is 3. The zero-order valence-electron chi connectivity index (χ0n) is 14.4. The van der Waals surface area contributed by atoms with Crippen molar-refractivity contribution in [3.8, 4) is 11.6 Å². The fourth-order valence-corrected chi connectivity index (χ4v) is 2.66. The fourth-order valence-electron chi connectivity index (χ4n) is 2.48. The lowest BCUT2D eigenvalue weighted by Crippen LogP contribution is -2.23. The highest BCUT2D eigenvalue weighted by Gasteiger charge is 2.17. The van der Waals surface area contributed by atoms with Crippen molar-refractivity contribution in [2.75, 3.05) is 0 Å². The fraction of sp³-hybridized carbons (Fsp3) is 0.167. The Balaban J connectivity index is 1.92. The van der Waals surface area contributed by atoms with Crippen LogP contribution in [0.3, 0.4) is 0 Å². The van der Waals surface area contributed by atoms with E-state index in [1.165, 1.54) is 34.5 Å². The summed E-state index contributed by atoms with van der Waals surface area (Å²) in [5, 5.41) is -0.293. The average Bonchev–Trinajstić information content (AvgIpc) is 3.08. The van der Waals surface area contributed by atoms with Gasteiger partial charge in [0.2, 0.25) is 11.8 Å². The normalized spacial score (nSPS) is 10.9. The van der Waals surface area contributed by atoms with Crippen molar-refractivity contribution < 1.29 is 18.3 Å². The number of aryl methyl sites for hydroxylation is 1. The number of carbonyl (C=O) groups excluding carboxylic acids is 1. The van der Waals surface area contributed by atoms with Crippen LogP contribution in [0, 0.1) is 18.6 Å². The average molecular weight is 394 g/mol. The first-order valence-corrected chi connectivity index (χ1v) is 8.21. The first kappa shape index (κ1) is 18.8. The predicted molar refractivity (Wildman–Crippen MR) is 94.6 cm³/mol. The molecule has 27 heavy (non-hydrogen) atoms. The molecule has 0 fully saturated rings. The quantitative estimate of drug-likeness (QED) is 0.680. The summed E-state index contributed by atoms with van der Waals surface area (Å²) >= 11 is 6.07. The SMILES string of the molecule is CC(=O)n1ccc(-n2c(C)nc(OCc3ccc(F)cc3F)c(Cl)c2=O)c1. The second kappa shape index (κ2) is 7.32. The first-order valence-electron chi connectivity index (χ1n) is 7.83. The number of hydrogen-bond acceptors (Lipinski definition) is 4. The Labute approximate surface area is 157 Å². The topological polar surface area (TPSA) is 66.1 Å². The van der Waals surface area contributed by atoms with E-state index in [9.17, 15) is 18.4 Å². The van der Waals surface area contributed by atoms with Gasteiger partial charge in [-0.25, -0.2) is 8.78 Å². The molecule has 2 aromatic heterocycles. The van der Waals surface area contributed by atoms with Crippen LogP contribution in [0.5, 0.6) is 5.88 Å². The maximum atomic E-state index is 13.7. The van der Waals surface area contributed by atoms with Crippen LogP contribution in [0.2, 0.25) is 5.02 Å². The van der Waals surface area contributed by atoms with E-state index in [2.05, 4.69) is 4.98 Å². The summed E-state index contributed by atoms with van der Waals surface area (Å²) in [7, 11) is 0. The molecular formula is C18H14ClF2N3O3. The van der Waals surface area contributed by atoms with E-state index in [0.29, 0.717) is 5.69 Å². The van der Waals surface area contributed by atoms with Crippen molar-refractivity contribution in [2.24, 2.45) is 0 Å². The molecule has 0 unspecified atom stereocenters. The summed E-state index contributed by atoms with van der Waals surface area (Å²) < 4.78 is 34.6. The van der Waals surface area contributed by atoms with E-state index in [4.69, 9.17) is 16.3 Å². The van der Waals surface area contributed by atoms with Crippen LogP contribution in [-0.4, -0.2) is 20.0 Å². The van der Waals surface area contributed by atoms with Crippen molar-refractivity contribution in [3.05, 3.63) is 75.1 Å². The lowest BCUT2D eigenvalue weighted by molar-refractivity contribution is 0.0937. The van der Waals surface area contributed by atoms with Crippen molar-refractivity contribution >= 4 is 17.5 Å². The smallest absolute Gasteiger partial charge is 0.280 e. The van der Waals surface area contributed by atoms with Gasteiger partial charge < -0.3 is 4.74 Å². The maximum absolute atomic E-state index is 13.7. The molecule has 0 spiro atoms. The van der Waals surface area contributed by atoms with E-state index >= 15 is 0 Å². The van der Waals surface area contributed by atoms with Gasteiger partial charge in [0.05, 0.1) is 5.69 Å². The molecule has 0 aliphatic rings. The van der Waals surface area contributed by atoms with Gasteiger partial charge in [0.15, 0.2) is 5.02 Å². The number of rotatable bonds is 4. The number of ether oxygens (including phenoxy) is 1. The summed E-state index contributed by atoms with van der Waals surface area (Å²) in [6, 6.07) is 4.63. The van der Waals surface area contributed by atoms with Crippen LogP contribution in [0.25, 0.3) is 5.69 Å². The molecule has 0 radical (unpaired) electrons. The van der Waals surface area contributed by atoms with Crippen molar-refractivity contribution in [1.29, 1.82) is 0 Å². The van der Waals surface area contributed by atoms with Crippen LogP contribution < -0.4 is 10.3 Å². The highest BCUT2D eigenvalue weighted by Crippen LogP contribution is 2.22. The van der Waals surface area contributed by atoms with Gasteiger partial charge in [-0.15, -0.1) is 0 Å². The lowest BCUT2D eigenvalue weighted by Gasteiger charge is -2.12. The van der Waals surface area contributed by atoms with Crippen LogP contribution >= 0.6 is 11.6 Å². The van der Waals surface area contributed by atoms with Gasteiger partial charge in [-0.3, -0.25) is 18.7 Å². The third kappa shape index (κ3) is 3.75. The number of benzene rings is 1. The molecule has 1 aromatic carbocycles. The molecule has 6 nitrogen and oxygen atoms in total. The van der Waals surface area contributed by atoms with E-state index in [1.54, 1.807) is 13.0 Å². The molecule has 3 aromatic rings. The standard InChI is InChI=1S/C18H14ClF2N3O3/c1-10-22-17(27-9-12-3-4-13(20)7-15(12)21)16(19)18(26)24(10)14-5-6-23(8-14)11(2)25/h3-8H,9H2,1-2H3. The van der Waals surface area contributed by atoms with Crippen molar-refractivity contribution in [3.63, 3.8) is 0 Å². The third-order valence-corrected chi connectivity index (χ3v) is 4.17. The second-order valence-corrected chi connectivity index (χ2v) is 6.12. The summed E-state index contributed by atoms with van der Waals surface area (Å²) in [6.45, 7) is 2.67. The minimum absolute atomic E-state index is 0.0923. The number of carbonyl (C=O) groups is 1. The van der Waals surface area contributed by atoms with Crippen LogP contribution in [0.15, 0.2) is 41.5 Å². The van der Waals surface area contributed by atoms with E-state index in [0.717, 1.165) is 12.1 Å². The zero-order valence-corrected chi connectivity index (χ0v) is 15.1. The van der Waals surface area contributed by atoms with Crippen LogP contribution in [-0.2, 0) is 6.61 Å². The monoisotopic (exact) mass is 393 g/mol. The van der Waals surface area contributed by atoms with Gasteiger partial charge in [-0.2, -0.15) is 4.98 Å². The van der Waals surface area contributed by atoms with Gasteiger partial charge in [0.1, 0.15) is 24.1 Å². The van der Waals surface area contributed by atoms with Crippen LogP contribution in [0.4, 0.5) is 8.78 Å². The minimum atomic E-state index is -0.776. The number of aromatic nitrogens is 3. The third-order valence-electron chi connectivity index (χ3n) is 3.84. The second-order valence-electron chi connectivity index (χ2n) is 5.74. The van der Waals surface area contributed by atoms with E-state index in [1.807, 2.05) is 0 Å². The molecule has 2 heterocycles. The van der Waals surface area contributed by atoms with Gasteiger partial charge >= 0.3 is 0 Å². The maximum Gasteiger partial charge on any atom is 0.280 e. The molecular weight excluding hydrogens is 380 g/mol. The molecule has 0 saturated carbocycles. The summed E-state index contributed by atoms with van der Waals surface area (Å²) in [5.41, 5.74) is -0.0899. The Morgan fingerprint density at radius 2 is 2.04 bits per heavy atom. The van der Waals surface area contributed by atoms with Gasteiger partial charge in [0.25, 0.3) is 5.56 Å². The van der Waals surface area contributed by atoms with Gasteiger partial charge in [0, 0.05) is 30.9 Å². The molecule has 0 bridgehead atoms. The van der Waals surface area contributed by atoms with E-state index < -0.39 is 17.2 Å². The number of hydrogen-bond donors (Lipinski definition) is 0. The molecule has 140 valence electrons. The highest BCUT2D eigenvalue weighted by atomic mass is 35.5. The zero-order chi connectivity index (χ0) is 19.7. The predicted octanol–water partition coefficient (Wildman–Crippen LogP) is 3.51. The Hall–Kier alpha value is -3.00. The Morgan fingerprint density at radius 3 is 2.67 bits per heavy atom. The highest BCUT2D eigenvalue weighted by molar-refractivity contribution is 6.31. The number of nitrogens with zero attached hydrogens (tertiary/aromatic N) is 3. The molecule has 0 aliphatic heterocycles. The van der Waals surface area contributed by atoms with Gasteiger partial charge in [-0.1, -0.05) is 11.6 Å². The molecule has 0 amide bonds. The Morgan fingerprint density at radius 1 is 1.30 bits per heavy atom. The largest absolute Gasteiger partial charge is 0.471 e. The molecule has 0 N–H and O–H groups in total. The molecule has 0 saturated heterocycles. The molecule has 9 heteroatoms. The Bertz CT molecular complexity index is 1090. The summed E-state index contributed by atoms with van der Waals surface area (Å²) in [6.07, 6.45) is 2.99. The lowest BCUT2D eigenvalue weighted by atomic mass is 10.2.